The molecule has 11 nitrogen and oxygen atoms in total. The summed E-state index contributed by atoms with van der Waals surface area (Å²) in [7, 11) is -4.05. The first kappa shape index (κ1) is 28.9. The van der Waals surface area contributed by atoms with Gasteiger partial charge in [-0.3, -0.25) is 18.9 Å². The van der Waals surface area contributed by atoms with Gasteiger partial charge >= 0.3 is 13.4 Å². The molecule has 13 heteroatoms. The van der Waals surface area contributed by atoms with Crippen LogP contribution >= 0.6 is 7.75 Å². The van der Waals surface area contributed by atoms with E-state index in [9.17, 15) is 23.7 Å². The second kappa shape index (κ2) is 12.9. The van der Waals surface area contributed by atoms with Crippen molar-refractivity contribution in [3.63, 3.8) is 0 Å². The average Bonchev–Trinajstić information content (AvgIpc) is 3.34. The van der Waals surface area contributed by atoms with Crippen molar-refractivity contribution in [2.24, 2.45) is 0 Å². The van der Waals surface area contributed by atoms with Gasteiger partial charge in [-0.25, -0.2) is 14.4 Å². The van der Waals surface area contributed by atoms with Gasteiger partial charge in [-0.05, 0) is 17.0 Å². The molecule has 41 heavy (non-hydrogen) atoms. The Morgan fingerprint density at radius 1 is 1.07 bits per heavy atom. The molecule has 3 aromatic carbocycles. The highest BCUT2D eigenvalue weighted by atomic mass is 31.2. The minimum atomic E-state index is -4.05. The number of aromatic nitrogens is 2. The number of nitrogens with one attached hydrogen (secondary N) is 2. The maximum Gasteiger partial charge on any atom is 0.458 e. The quantitative estimate of drug-likeness (QED) is 0.168. The summed E-state index contributed by atoms with van der Waals surface area (Å²) < 4.78 is 51.6. The number of halogens is 1. The summed E-state index contributed by atoms with van der Waals surface area (Å²) in [6.07, 6.45) is -2.61. The van der Waals surface area contributed by atoms with Gasteiger partial charge in [0.2, 0.25) is 5.82 Å². The van der Waals surface area contributed by atoms with Crippen LogP contribution < -0.4 is 20.9 Å². The first-order chi connectivity index (χ1) is 19.8. The summed E-state index contributed by atoms with van der Waals surface area (Å²) in [6, 6.07) is 22.3. The molecule has 0 amide bonds. The molecule has 216 valence electrons. The van der Waals surface area contributed by atoms with Gasteiger partial charge < -0.3 is 19.1 Å². The number of aromatic amines is 1. The van der Waals surface area contributed by atoms with Crippen LogP contribution in [0, 0.1) is 5.82 Å². The molecule has 0 saturated carbocycles. The molecular weight excluding hydrogens is 556 g/mol. The van der Waals surface area contributed by atoms with E-state index in [1.54, 1.807) is 12.1 Å². The van der Waals surface area contributed by atoms with Gasteiger partial charge in [0.25, 0.3) is 5.56 Å². The van der Waals surface area contributed by atoms with Crippen LogP contribution in [0.1, 0.15) is 18.2 Å². The zero-order valence-corrected chi connectivity index (χ0v) is 22.7. The Bertz CT molecular complexity index is 1640. The number of aliphatic hydroxyl groups excluding tert-OH is 1. The maximum absolute atomic E-state index is 13.9. The second-order valence-electron chi connectivity index (χ2n) is 9.38. The lowest BCUT2D eigenvalue weighted by atomic mass is 10.1. The predicted octanol–water partition coefficient (Wildman–Crippen LogP) is 3.49. The Morgan fingerprint density at radius 3 is 2.66 bits per heavy atom. The summed E-state index contributed by atoms with van der Waals surface area (Å²) >= 11 is 0. The number of nitrogens with zero attached hydrogens (tertiary/aromatic N) is 1. The van der Waals surface area contributed by atoms with E-state index >= 15 is 0 Å². The average molecular weight is 586 g/mol. The van der Waals surface area contributed by atoms with Crippen molar-refractivity contribution in [1.29, 1.82) is 0 Å². The fourth-order valence-electron chi connectivity index (χ4n) is 4.41. The molecule has 1 fully saturated rings. The number of ether oxygens (including phenoxy) is 2. The van der Waals surface area contributed by atoms with E-state index in [4.69, 9.17) is 18.5 Å². The van der Waals surface area contributed by atoms with Crippen molar-refractivity contribution < 1.29 is 32.6 Å². The van der Waals surface area contributed by atoms with Crippen LogP contribution in [0.4, 0.5) is 4.39 Å². The van der Waals surface area contributed by atoms with Crippen LogP contribution in [0.5, 0.6) is 5.75 Å². The second-order valence-corrected chi connectivity index (χ2v) is 11.1. The van der Waals surface area contributed by atoms with E-state index in [-0.39, 0.29) is 26.2 Å². The predicted molar refractivity (Wildman–Crippen MR) is 148 cm³/mol. The zero-order valence-electron chi connectivity index (χ0n) is 21.9. The van der Waals surface area contributed by atoms with Gasteiger partial charge in [-0.2, -0.15) is 4.39 Å². The maximum atomic E-state index is 13.9. The molecule has 0 bridgehead atoms. The minimum absolute atomic E-state index is 0.0886. The molecule has 0 aliphatic carbocycles. The van der Waals surface area contributed by atoms with Crippen molar-refractivity contribution in [2.45, 2.75) is 31.5 Å². The molecule has 1 aliphatic rings. The highest BCUT2D eigenvalue weighted by Gasteiger charge is 2.38. The van der Waals surface area contributed by atoms with Crippen LogP contribution in [-0.4, -0.2) is 46.6 Å². The zero-order chi connectivity index (χ0) is 28.8. The Balaban J connectivity index is 1.27. The smallest absolute Gasteiger partial charge is 0.413 e. The monoisotopic (exact) mass is 585 g/mol. The molecule has 0 radical (unpaired) electrons. The third kappa shape index (κ3) is 7.17. The molecule has 5 rings (SSSR count). The number of H-pyrrole nitrogens is 1. The number of hydrogen-bond donors (Lipinski definition) is 3. The van der Waals surface area contributed by atoms with E-state index in [1.807, 2.05) is 65.6 Å². The van der Waals surface area contributed by atoms with E-state index < -0.39 is 43.2 Å². The van der Waals surface area contributed by atoms with Gasteiger partial charge in [-0.1, -0.05) is 66.7 Å². The van der Waals surface area contributed by atoms with Gasteiger partial charge in [0.05, 0.1) is 32.1 Å². The Labute approximate surface area is 234 Å². The number of fused-ring (bicyclic) bond motifs is 1. The van der Waals surface area contributed by atoms with E-state index in [0.29, 0.717) is 18.6 Å². The SMILES string of the molecule is O=c1[nH]c(=O)n([C@H]2C[C@@H](O)[C@@H](COP(=O)(NCCOCc3ccccc3)Oc3cccc4ccccc34)O2)cc1F. The standard InChI is InChI=1S/C28H29FN3O8P/c29-22-16-32(28(35)31-27(22)34)26-15-23(33)25(39-26)18-38-41(36,30-13-14-37-17-19-7-2-1-3-8-19)40-24-12-6-10-20-9-4-5-11-21(20)24/h1-12,16,23,25-26,33H,13-15,17-18H2,(H,30,36)(H,31,34,35)/t23-,25-,26-,41?/m1/s1. The first-order valence-corrected chi connectivity index (χ1v) is 14.5. The third-order valence-electron chi connectivity index (χ3n) is 6.48. The fourth-order valence-corrected chi connectivity index (χ4v) is 5.75. The normalized spacial score (nSPS) is 20.2. The van der Waals surface area contributed by atoms with Crippen LogP contribution in [0.15, 0.2) is 88.6 Å². The molecule has 1 aliphatic heterocycles. The summed E-state index contributed by atoms with van der Waals surface area (Å²) in [5, 5.41) is 15.0. The Morgan fingerprint density at radius 2 is 1.83 bits per heavy atom. The number of hydrogen-bond acceptors (Lipinski definition) is 8. The minimum Gasteiger partial charge on any atom is -0.413 e. The molecule has 2 heterocycles. The molecule has 1 aromatic heterocycles. The van der Waals surface area contributed by atoms with Crippen molar-refractivity contribution in [3.05, 3.63) is 111 Å². The molecule has 0 spiro atoms. The molecule has 1 saturated heterocycles. The topological polar surface area (TPSA) is 141 Å². The summed E-state index contributed by atoms with van der Waals surface area (Å²) in [4.78, 5) is 25.4. The summed E-state index contributed by atoms with van der Waals surface area (Å²) in [6.45, 7) is 0.314. The van der Waals surface area contributed by atoms with Crippen molar-refractivity contribution >= 4 is 18.5 Å². The van der Waals surface area contributed by atoms with Crippen LogP contribution in [0.25, 0.3) is 10.8 Å². The van der Waals surface area contributed by atoms with Gasteiger partial charge in [0.1, 0.15) is 18.1 Å². The molecule has 4 atom stereocenters. The molecule has 1 unspecified atom stereocenters. The lowest BCUT2D eigenvalue weighted by Gasteiger charge is -2.23. The molecular formula is C28H29FN3O8P. The number of benzene rings is 3. The fraction of sp³-hybridized carbons (Fsp3) is 0.286. The van der Waals surface area contributed by atoms with Crippen molar-refractivity contribution in [2.75, 3.05) is 19.8 Å². The number of aliphatic hydroxyl groups is 1. The molecule has 4 aromatic rings. The Hall–Kier alpha value is -3.64. The highest BCUT2D eigenvalue weighted by molar-refractivity contribution is 7.52. The van der Waals surface area contributed by atoms with Gasteiger partial charge in [-0.15, -0.1) is 0 Å². The van der Waals surface area contributed by atoms with Crippen LogP contribution in [0.2, 0.25) is 0 Å². The highest BCUT2D eigenvalue weighted by Crippen LogP contribution is 2.46. The van der Waals surface area contributed by atoms with E-state index in [1.165, 1.54) is 0 Å². The summed E-state index contributed by atoms with van der Waals surface area (Å²) in [5.41, 5.74) is -1.06. The summed E-state index contributed by atoms with van der Waals surface area (Å²) in [5.74, 6) is -0.848. The first-order valence-electron chi connectivity index (χ1n) is 12.9. The number of rotatable bonds is 12. The van der Waals surface area contributed by atoms with E-state index in [0.717, 1.165) is 20.9 Å². The lowest BCUT2D eigenvalue weighted by molar-refractivity contribution is -0.0428. The van der Waals surface area contributed by atoms with Crippen LogP contribution in [-0.2, 0) is 25.2 Å². The van der Waals surface area contributed by atoms with Crippen LogP contribution in [0.3, 0.4) is 0 Å². The molecule has 3 N–H and O–H groups in total. The Kier molecular flexibility index (Phi) is 9.09. The van der Waals surface area contributed by atoms with Crippen molar-refractivity contribution in [1.82, 2.24) is 14.6 Å². The van der Waals surface area contributed by atoms with Gasteiger partial charge in [0, 0.05) is 18.4 Å². The van der Waals surface area contributed by atoms with Crippen molar-refractivity contribution in [3.8, 4) is 5.75 Å². The third-order valence-corrected chi connectivity index (χ3v) is 8.02. The van der Waals surface area contributed by atoms with Gasteiger partial charge in [0.15, 0.2) is 0 Å². The van der Waals surface area contributed by atoms with E-state index in [2.05, 4.69) is 5.09 Å². The largest absolute Gasteiger partial charge is 0.458 e. The lowest BCUT2D eigenvalue weighted by Crippen LogP contribution is -2.34.